The van der Waals surface area contributed by atoms with E-state index in [0.29, 0.717) is 12.2 Å². The third kappa shape index (κ3) is 3.07. The van der Waals surface area contributed by atoms with E-state index < -0.39 is 10.9 Å². The highest BCUT2D eigenvalue weighted by atomic mass is 16.6. The first kappa shape index (κ1) is 13.7. The zero-order valence-electron chi connectivity index (χ0n) is 10.2. The van der Waals surface area contributed by atoms with Crippen molar-refractivity contribution < 1.29 is 14.8 Å². The third-order valence-electron chi connectivity index (χ3n) is 2.34. The number of hydrogen-bond donors (Lipinski definition) is 1. The Morgan fingerprint density at radius 1 is 1.56 bits per heavy atom. The molecule has 0 saturated carbocycles. The van der Waals surface area contributed by atoms with E-state index >= 15 is 0 Å². The summed E-state index contributed by atoms with van der Waals surface area (Å²) in [6.07, 6.45) is 0. The first-order valence-corrected chi connectivity index (χ1v) is 5.20. The Balaban J connectivity index is 3.23. The number of non-ortho nitro benzene ring substituents is 1. The molecular weight excluding hydrogens is 236 g/mol. The minimum absolute atomic E-state index is 0.0899. The van der Waals surface area contributed by atoms with Gasteiger partial charge in [0.1, 0.15) is 0 Å². The van der Waals surface area contributed by atoms with Crippen LogP contribution in [0.4, 0.5) is 11.4 Å². The average molecular weight is 250 g/mol. The van der Waals surface area contributed by atoms with Gasteiger partial charge >= 0.3 is 5.97 Å². The molecule has 0 unspecified atom stereocenters. The van der Waals surface area contributed by atoms with Crippen molar-refractivity contribution in [3.8, 4) is 0 Å². The Morgan fingerprint density at radius 2 is 2.17 bits per heavy atom. The predicted molar refractivity (Wildman–Crippen MR) is 68.1 cm³/mol. The van der Waals surface area contributed by atoms with Crippen molar-refractivity contribution >= 4 is 17.3 Å². The van der Waals surface area contributed by atoms with Crippen LogP contribution in [0.5, 0.6) is 0 Å². The molecule has 0 saturated heterocycles. The van der Waals surface area contributed by atoms with Crippen molar-refractivity contribution in [1.29, 1.82) is 0 Å². The molecule has 6 heteroatoms. The van der Waals surface area contributed by atoms with Crippen molar-refractivity contribution in [2.75, 3.05) is 18.5 Å². The summed E-state index contributed by atoms with van der Waals surface area (Å²) in [5.41, 5.74) is 0.969. The molecule has 0 fully saturated rings. The first-order chi connectivity index (χ1) is 8.32. The fourth-order valence-corrected chi connectivity index (χ4v) is 1.63. The molecule has 96 valence electrons. The summed E-state index contributed by atoms with van der Waals surface area (Å²) >= 11 is 0. The summed E-state index contributed by atoms with van der Waals surface area (Å²) in [5.74, 6) is -1.19. The summed E-state index contributed by atoms with van der Waals surface area (Å²) < 4.78 is 0. The van der Waals surface area contributed by atoms with Crippen LogP contribution >= 0.6 is 0 Å². The third-order valence-corrected chi connectivity index (χ3v) is 2.34. The van der Waals surface area contributed by atoms with Crippen LogP contribution in [0.15, 0.2) is 30.4 Å². The van der Waals surface area contributed by atoms with Gasteiger partial charge in [0, 0.05) is 25.7 Å². The molecule has 1 rings (SSSR count). The molecule has 0 amide bonds. The normalized spacial score (nSPS) is 9.89. The molecule has 0 aliphatic carbocycles. The average Bonchev–Trinajstić information content (AvgIpc) is 2.26. The van der Waals surface area contributed by atoms with Crippen LogP contribution < -0.4 is 4.90 Å². The van der Waals surface area contributed by atoms with Crippen molar-refractivity contribution in [3.05, 3.63) is 46.0 Å². The van der Waals surface area contributed by atoms with E-state index in [4.69, 9.17) is 5.11 Å². The molecule has 1 N–H and O–H groups in total. The highest BCUT2D eigenvalue weighted by molar-refractivity contribution is 5.95. The molecule has 0 heterocycles. The van der Waals surface area contributed by atoms with Crippen molar-refractivity contribution in [3.63, 3.8) is 0 Å². The number of carboxylic acids is 1. The number of nitro groups is 1. The number of benzene rings is 1. The highest BCUT2D eigenvalue weighted by Crippen LogP contribution is 2.25. The van der Waals surface area contributed by atoms with E-state index in [1.165, 1.54) is 12.1 Å². The molecule has 0 atom stereocenters. The molecule has 18 heavy (non-hydrogen) atoms. The maximum absolute atomic E-state index is 11.1. The molecule has 0 spiro atoms. The molecule has 0 aliphatic rings. The molecule has 0 radical (unpaired) electrons. The minimum atomic E-state index is -1.19. The van der Waals surface area contributed by atoms with Crippen LogP contribution in [0.25, 0.3) is 0 Å². The number of aromatic carboxylic acids is 1. The van der Waals surface area contributed by atoms with E-state index in [2.05, 4.69) is 6.58 Å². The van der Waals surface area contributed by atoms with Gasteiger partial charge in [-0.2, -0.15) is 0 Å². The lowest BCUT2D eigenvalue weighted by Gasteiger charge is -2.21. The second-order valence-electron chi connectivity index (χ2n) is 4.08. The Kier molecular flexibility index (Phi) is 4.04. The lowest BCUT2D eigenvalue weighted by atomic mass is 10.1. The number of hydrogen-bond acceptors (Lipinski definition) is 4. The van der Waals surface area contributed by atoms with Gasteiger partial charge in [-0.15, -0.1) is 0 Å². The van der Waals surface area contributed by atoms with Gasteiger partial charge in [0.15, 0.2) is 0 Å². The Morgan fingerprint density at radius 3 is 2.61 bits per heavy atom. The zero-order chi connectivity index (χ0) is 13.9. The number of likely N-dealkylation sites (N-methyl/N-ethyl adjacent to an activating group) is 1. The van der Waals surface area contributed by atoms with Crippen molar-refractivity contribution in [1.82, 2.24) is 0 Å². The maximum atomic E-state index is 11.1. The first-order valence-electron chi connectivity index (χ1n) is 5.20. The van der Waals surface area contributed by atoms with Crippen LogP contribution in [0.1, 0.15) is 17.3 Å². The van der Waals surface area contributed by atoms with Crippen LogP contribution in [-0.2, 0) is 0 Å². The summed E-state index contributed by atoms with van der Waals surface area (Å²) in [4.78, 5) is 22.8. The van der Waals surface area contributed by atoms with Crippen LogP contribution in [0, 0.1) is 10.1 Å². The van der Waals surface area contributed by atoms with E-state index in [1.54, 1.807) is 11.9 Å². The fourth-order valence-electron chi connectivity index (χ4n) is 1.63. The molecule has 0 aromatic heterocycles. The van der Waals surface area contributed by atoms with Crippen molar-refractivity contribution in [2.45, 2.75) is 6.92 Å². The van der Waals surface area contributed by atoms with Gasteiger partial charge in [-0.25, -0.2) is 4.79 Å². The number of nitro benzene ring substituents is 1. The van der Waals surface area contributed by atoms with Crippen LogP contribution in [0.2, 0.25) is 0 Å². The van der Waals surface area contributed by atoms with Gasteiger partial charge in [-0.05, 0) is 13.0 Å². The Hall–Kier alpha value is -2.37. The summed E-state index contributed by atoms with van der Waals surface area (Å²) in [6.45, 7) is 6.05. The Labute approximate surface area is 104 Å². The summed E-state index contributed by atoms with van der Waals surface area (Å²) in [5, 5.41) is 19.7. The summed E-state index contributed by atoms with van der Waals surface area (Å²) in [6, 6.07) is 3.79. The van der Waals surface area contributed by atoms with E-state index in [9.17, 15) is 14.9 Å². The van der Waals surface area contributed by atoms with Gasteiger partial charge in [0.05, 0.1) is 16.2 Å². The quantitative estimate of drug-likeness (QED) is 0.492. The smallest absolute Gasteiger partial charge is 0.338 e. The standard InChI is InChI=1S/C12H14N2O4/c1-8(2)7-13(3)11-5-4-9(14(17)18)6-10(11)12(15)16/h4-6H,1,7H2,2-3H3,(H,15,16). The van der Waals surface area contributed by atoms with Gasteiger partial charge in [0.2, 0.25) is 0 Å². The molecule has 1 aromatic rings. The van der Waals surface area contributed by atoms with Gasteiger partial charge in [0.25, 0.3) is 5.69 Å². The van der Waals surface area contributed by atoms with Gasteiger partial charge in [-0.3, -0.25) is 10.1 Å². The van der Waals surface area contributed by atoms with Gasteiger partial charge < -0.3 is 10.0 Å². The molecule has 6 nitrogen and oxygen atoms in total. The fraction of sp³-hybridized carbons (Fsp3) is 0.250. The SMILES string of the molecule is C=C(C)CN(C)c1ccc([N+](=O)[O-])cc1C(=O)O. The van der Waals surface area contributed by atoms with E-state index in [-0.39, 0.29) is 11.3 Å². The zero-order valence-corrected chi connectivity index (χ0v) is 10.2. The second kappa shape index (κ2) is 5.31. The summed E-state index contributed by atoms with van der Waals surface area (Å²) in [7, 11) is 1.71. The van der Waals surface area contributed by atoms with E-state index in [0.717, 1.165) is 11.6 Å². The number of rotatable bonds is 5. The lowest BCUT2D eigenvalue weighted by Crippen LogP contribution is -2.21. The monoisotopic (exact) mass is 250 g/mol. The minimum Gasteiger partial charge on any atom is -0.478 e. The molecule has 0 aliphatic heterocycles. The number of nitrogens with zero attached hydrogens (tertiary/aromatic N) is 2. The number of carbonyl (C=O) groups is 1. The van der Waals surface area contributed by atoms with Gasteiger partial charge in [-0.1, -0.05) is 12.2 Å². The lowest BCUT2D eigenvalue weighted by molar-refractivity contribution is -0.384. The highest BCUT2D eigenvalue weighted by Gasteiger charge is 2.18. The topological polar surface area (TPSA) is 83.7 Å². The van der Waals surface area contributed by atoms with E-state index in [1.807, 2.05) is 6.92 Å². The molecular formula is C12H14N2O4. The predicted octanol–water partition coefficient (Wildman–Crippen LogP) is 2.31. The Bertz CT molecular complexity index is 511. The molecule has 0 bridgehead atoms. The largest absolute Gasteiger partial charge is 0.478 e. The van der Waals surface area contributed by atoms with Crippen LogP contribution in [0.3, 0.4) is 0 Å². The number of carboxylic acid groups (broad SMARTS) is 1. The molecule has 1 aromatic carbocycles. The van der Waals surface area contributed by atoms with Crippen LogP contribution in [-0.4, -0.2) is 29.6 Å². The maximum Gasteiger partial charge on any atom is 0.338 e. The number of anilines is 1. The van der Waals surface area contributed by atoms with Crippen molar-refractivity contribution in [2.24, 2.45) is 0 Å². The second-order valence-corrected chi connectivity index (χ2v) is 4.08.